The molecule has 1 rings (SSSR count). The highest BCUT2D eigenvalue weighted by Gasteiger charge is 2.12. The zero-order chi connectivity index (χ0) is 14.1. The SMILES string of the molecule is C=CC(=O)NC(CCC[NH+](C)C)Cc1ccccc1.[Br-]. The van der Waals surface area contributed by atoms with Crippen LogP contribution < -0.4 is 27.2 Å². The van der Waals surface area contributed by atoms with Crippen LogP contribution in [-0.4, -0.2) is 32.6 Å². The molecule has 4 heteroatoms. The van der Waals surface area contributed by atoms with Crippen molar-refractivity contribution >= 4 is 5.91 Å². The number of quaternary nitrogens is 1. The normalized spacial score (nSPS) is 11.6. The second-order valence-electron chi connectivity index (χ2n) is 5.20. The largest absolute Gasteiger partial charge is 1.00 e. The molecule has 1 amide bonds. The van der Waals surface area contributed by atoms with E-state index in [4.69, 9.17) is 0 Å². The van der Waals surface area contributed by atoms with Gasteiger partial charge < -0.3 is 27.2 Å². The summed E-state index contributed by atoms with van der Waals surface area (Å²) in [7, 11) is 4.29. The highest BCUT2D eigenvalue weighted by atomic mass is 79.9. The van der Waals surface area contributed by atoms with Gasteiger partial charge in [-0.1, -0.05) is 36.9 Å². The molecule has 3 nitrogen and oxygen atoms in total. The molecular weight excluding hydrogens is 316 g/mol. The average Bonchev–Trinajstić information content (AvgIpc) is 2.39. The van der Waals surface area contributed by atoms with Crippen molar-refractivity contribution in [1.29, 1.82) is 0 Å². The van der Waals surface area contributed by atoms with Gasteiger partial charge in [-0.15, -0.1) is 0 Å². The number of amides is 1. The Hall–Kier alpha value is -1.13. The van der Waals surface area contributed by atoms with E-state index in [9.17, 15) is 4.79 Å². The number of hydrogen-bond acceptors (Lipinski definition) is 1. The summed E-state index contributed by atoms with van der Waals surface area (Å²) in [6.45, 7) is 4.63. The first-order valence-electron chi connectivity index (χ1n) is 6.87. The van der Waals surface area contributed by atoms with Gasteiger partial charge in [-0.3, -0.25) is 4.79 Å². The monoisotopic (exact) mass is 340 g/mol. The molecule has 1 aromatic carbocycles. The lowest BCUT2D eigenvalue weighted by Crippen LogP contribution is -3.05. The number of carbonyl (C=O) groups excluding carboxylic acids is 1. The molecule has 0 aliphatic rings. The Morgan fingerprint density at radius 1 is 1.35 bits per heavy atom. The maximum absolute atomic E-state index is 11.5. The summed E-state index contributed by atoms with van der Waals surface area (Å²) in [5.74, 6) is -0.0851. The molecule has 2 N–H and O–H groups in total. The van der Waals surface area contributed by atoms with Gasteiger partial charge in [-0.25, -0.2) is 0 Å². The van der Waals surface area contributed by atoms with Crippen LogP contribution in [0.2, 0.25) is 0 Å². The molecule has 20 heavy (non-hydrogen) atoms. The average molecular weight is 341 g/mol. The Bertz CT molecular complexity index is 393. The van der Waals surface area contributed by atoms with Crippen molar-refractivity contribution in [3.8, 4) is 0 Å². The van der Waals surface area contributed by atoms with Crippen LogP contribution in [0.15, 0.2) is 43.0 Å². The fourth-order valence-electron chi connectivity index (χ4n) is 2.09. The Labute approximate surface area is 132 Å². The highest BCUT2D eigenvalue weighted by molar-refractivity contribution is 5.87. The minimum Gasteiger partial charge on any atom is -1.00 e. The minimum atomic E-state index is -0.0851. The standard InChI is InChI=1S/C16H24N2O.BrH/c1-4-16(19)17-15(11-8-12-18(2)3)13-14-9-6-5-7-10-14;/h4-7,9-10,15H,1,8,11-13H2,2-3H3,(H,17,19);1H. The van der Waals surface area contributed by atoms with E-state index in [2.05, 4.69) is 38.1 Å². The van der Waals surface area contributed by atoms with Crippen molar-refractivity contribution in [3.63, 3.8) is 0 Å². The smallest absolute Gasteiger partial charge is 0.243 e. The lowest BCUT2D eigenvalue weighted by Gasteiger charge is -2.18. The van der Waals surface area contributed by atoms with Gasteiger partial charge in [-0.05, 0) is 30.9 Å². The molecule has 0 heterocycles. The van der Waals surface area contributed by atoms with E-state index in [1.54, 1.807) is 0 Å². The molecule has 0 saturated heterocycles. The number of benzene rings is 1. The molecule has 0 aromatic heterocycles. The van der Waals surface area contributed by atoms with Gasteiger partial charge in [0.1, 0.15) is 0 Å². The highest BCUT2D eigenvalue weighted by Crippen LogP contribution is 2.07. The van der Waals surface area contributed by atoms with E-state index in [1.165, 1.54) is 16.5 Å². The minimum absolute atomic E-state index is 0. The van der Waals surface area contributed by atoms with Crippen LogP contribution in [0.1, 0.15) is 18.4 Å². The van der Waals surface area contributed by atoms with Crippen LogP contribution in [0.3, 0.4) is 0 Å². The van der Waals surface area contributed by atoms with Gasteiger partial charge in [-0.2, -0.15) is 0 Å². The predicted octanol–water partition coefficient (Wildman–Crippen LogP) is -2.17. The Kier molecular flexibility index (Phi) is 10.0. The van der Waals surface area contributed by atoms with Crippen molar-refractivity contribution in [1.82, 2.24) is 5.32 Å². The lowest BCUT2D eigenvalue weighted by atomic mass is 10.0. The summed E-state index contributed by atoms with van der Waals surface area (Å²) in [5.41, 5.74) is 1.26. The van der Waals surface area contributed by atoms with Crippen LogP contribution in [0.4, 0.5) is 0 Å². The van der Waals surface area contributed by atoms with E-state index in [0.717, 1.165) is 25.8 Å². The topological polar surface area (TPSA) is 33.5 Å². The summed E-state index contributed by atoms with van der Waals surface area (Å²) in [4.78, 5) is 12.9. The summed E-state index contributed by atoms with van der Waals surface area (Å²) >= 11 is 0. The third kappa shape index (κ3) is 8.12. The summed E-state index contributed by atoms with van der Waals surface area (Å²) in [6.07, 6.45) is 4.33. The first kappa shape index (κ1) is 18.9. The summed E-state index contributed by atoms with van der Waals surface area (Å²) in [5, 5.41) is 3.02. The molecule has 0 aliphatic heterocycles. The molecule has 1 unspecified atom stereocenters. The molecule has 0 radical (unpaired) electrons. The maximum atomic E-state index is 11.5. The van der Waals surface area contributed by atoms with Crippen LogP contribution in [-0.2, 0) is 11.2 Å². The molecule has 0 fully saturated rings. The van der Waals surface area contributed by atoms with Crippen molar-refractivity contribution in [2.75, 3.05) is 20.6 Å². The summed E-state index contributed by atoms with van der Waals surface area (Å²) in [6, 6.07) is 10.5. The van der Waals surface area contributed by atoms with E-state index in [0.29, 0.717) is 0 Å². The van der Waals surface area contributed by atoms with E-state index < -0.39 is 0 Å². The molecule has 1 atom stereocenters. The van der Waals surface area contributed by atoms with Gasteiger partial charge in [0.25, 0.3) is 0 Å². The third-order valence-electron chi connectivity index (χ3n) is 3.09. The molecule has 0 bridgehead atoms. The Morgan fingerprint density at radius 3 is 2.55 bits per heavy atom. The fraction of sp³-hybridized carbons (Fsp3) is 0.438. The molecule has 0 aliphatic carbocycles. The number of hydrogen-bond donors (Lipinski definition) is 2. The van der Waals surface area contributed by atoms with Crippen LogP contribution in [0, 0.1) is 0 Å². The second kappa shape index (κ2) is 10.6. The predicted molar refractivity (Wildman–Crippen MR) is 79.2 cm³/mol. The molecule has 1 aromatic rings. The van der Waals surface area contributed by atoms with E-state index in [1.807, 2.05) is 18.2 Å². The number of halogens is 1. The quantitative estimate of drug-likeness (QED) is 0.519. The number of nitrogens with one attached hydrogen (secondary N) is 2. The maximum Gasteiger partial charge on any atom is 0.243 e. The van der Waals surface area contributed by atoms with E-state index in [-0.39, 0.29) is 28.9 Å². The molecule has 112 valence electrons. The zero-order valence-electron chi connectivity index (χ0n) is 12.4. The van der Waals surface area contributed by atoms with Crippen LogP contribution in [0.5, 0.6) is 0 Å². The van der Waals surface area contributed by atoms with Crippen molar-refractivity contribution < 1.29 is 26.7 Å². The third-order valence-corrected chi connectivity index (χ3v) is 3.09. The van der Waals surface area contributed by atoms with Gasteiger partial charge in [0, 0.05) is 6.04 Å². The van der Waals surface area contributed by atoms with Gasteiger partial charge >= 0.3 is 0 Å². The Morgan fingerprint density at radius 2 is 2.00 bits per heavy atom. The van der Waals surface area contributed by atoms with Crippen LogP contribution >= 0.6 is 0 Å². The van der Waals surface area contributed by atoms with Crippen molar-refractivity contribution in [3.05, 3.63) is 48.6 Å². The van der Waals surface area contributed by atoms with Gasteiger partial charge in [0.05, 0.1) is 20.6 Å². The Balaban J connectivity index is 0.00000361. The van der Waals surface area contributed by atoms with E-state index >= 15 is 0 Å². The first-order chi connectivity index (χ1) is 9.11. The lowest BCUT2D eigenvalue weighted by molar-refractivity contribution is -0.858. The number of carbonyl (C=O) groups is 1. The molecule has 0 spiro atoms. The van der Waals surface area contributed by atoms with Crippen molar-refractivity contribution in [2.24, 2.45) is 0 Å². The zero-order valence-corrected chi connectivity index (χ0v) is 13.9. The molecular formula is C16H25BrN2O. The van der Waals surface area contributed by atoms with Crippen LogP contribution in [0.25, 0.3) is 0 Å². The fourth-order valence-corrected chi connectivity index (χ4v) is 2.09. The number of rotatable bonds is 8. The van der Waals surface area contributed by atoms with Gasteiger partial charge in [0.2, 0.25) is 5.91 Å². The first-order valence-corrected chi connectivity index (χ1v) is 6.87. The molecule has 0 saturated carbocycles. The second-order valence-corrected chi connectivity index (χ2v) is 5.20. The van der Waals surface area contributed by atoms with Crippen molar-refractivity contribution in [2.45, 2.75) is 25.3 Å². The summed E-state index contributed by atoms with van der Waals surface area (Å²) < 4.78 is 0. The van der Waals surface area contributed by atoms with Gasteiger partial charge in [0.15, 0.2) is 0 Å².